The van der Waals surface area contributed by atoms with Crippen LogP contribution in [0.2, 0.25) is 0 Å². The second-order valence-corrected chi connectivity index (χ2v) is 6.71. The molecule has 0 amide bonds. The molecule has 5 heteroatoms. The van der Waals surface area contributed by atoms with Gasteiger partial charge in [-0.1, -0.05) is 6.92 Å². The summed E-state index contributed by atoms with van der Waals surface area (Å²) in [6.07, 6.45) is 2.52. The van der Waals surface area contributed by atoms with Gasteiger partial charge in [-0.25, -0.2) is 0 Å². The molecular formula is C16H31N3O2. The maximum Gasteiger partial charge on any atom is 0.0623 e. The Labute approximate surface area is 128 Å². The average molecular weight is 297 g/mol. The van der Waals surface area contributed by atoms with E-state index in [9.17, 15) is 0 Å². The molecule has 3 atom stereocenters. The van der Waals surface area contributed by atoms with E-state index >= 15 is 0 Å². The van der Waals surface area contributed by atoms with Crippen molar-refractivity contribution in [3.8, 4) is 0 Å². The smallest absolute Gasteiger partial charge is 0.0623 e. The number of nitrogens with zero attached hydrogens (tertiary/aromatic N) is 2. The van der Waals surface area contributed by atoms with Gasteiger partial charge in [-0.15, -0.1) is 0 Å². The van der Waals surface area contributed by atoms with Crippen LogP contribution in [0, 0.1) is 5.92 Å². The minimum absolute atomic E-state index is 0.562. The number of ether oxygens (including phenoxy) is 2. The Morgan fingerprint density at radius 1 is 1.10 bits per heavy atom. The van der Waals surface area contributed by atoms with Crippen molar-refractivity contribution in [3.05, 3.63) is 0 Å². The molecule has 3 fully saturated rings. The van der Waals surface area contributed by atoms with Crippen molar-refractivity contribution in [2.45, 2.75) is 31.8 Å². The lowest BCUT2D eigenvalue weighted by Crippen LogP contribution is -2.46. The van der Waals surface area contributed by atoms with Gasteiger partial charge >= 0.3 is 0 Å². The van der Waals surface area contributed by atoms with Gasteiger partial charge < -0.3 is 19.7 Å². The number of morpholine rings is 1. The lowest BCUT2D eigenvalue weighted by molar-refractivity contribution is 0.0181. The van der Waals surface area contributed by atoms with Crippen LogP contribution in [0.25, 0.3) is 0 Å². The molecule has 0 aromatic rings. The molecular weight excluding hydrogens is 266 g/mol. The normalized spacial score (nSPS) is 35.6. The largest absolute Gasteiger partial charge is 0.379 e. The maximum absolute atomic E-state index is 5.70. The van der Waals surface area contributed by atoms with Crippen LogP contribution in [-0.2, 0) is 9.47 Å². The standard InChI is InChI=1S/C16H31N3O2/c1-2-4-17-16-13-21-12-14(16)10-18-5-3-15(11-18)19-6-8-20-9-7-19/h14-17H,2-13H2,1H3. The van der Waals surface area contributed by atoms with E-state index in [1.807, 2.05) is 0 Å². The van der Waals surface area contributed by atoms with E-state index < -0.39 is 0 Å². The van der Waals surface area contributed by atoms with Crippen molar-refractivity contribution < 1.29 is 9.47 Å². The fourth-order valence-electron chi connectivity index (χ4n) is 3.88. The van der Waals surface area contributed by atoms with E-state index in [-0.39, 0.29) is 0 Å². The molecule has 3 aliphatic rings. The van der Waals surface area contributed by atoms with Crippen LogP contribution in [-0.4, -0.2) is 87.6 Å². The van der Waals surface area contributed by atoms with Crippen molar-refractivity contribution >= 4 is 0 Å². The Balaban J connectivity index is 1.43. The summed E-state index contributed by atoms with van der Waals surface area (Å²) < 4.78 is 11.2. The van der Waals surface area contributed by atoms with Crippen molar-refractivity contribution in [3.63, 3.8) is 0 Å². The quantitative estimate of drug-likeness (QED) is 0.768. The molecule has 122 valence electrons. The molecule has 0 spiro atoms. The molecule has 0 aromatic carbocycles. The molecule has 3 aliphatic heterocycles. The Morgan fingerprint density at radius 2 is 1.95 bits per heavy atom. The van der Waals surface area contributed by atoms with Gasteiger partial charge in [0, 0.05) is 44.2 Å². The van der Waals surface area contributed by atoms with Crippen LogP contribution in [0.15, 0.2) is 0 Å². The molecule has 5 nitrogen and oxygen atoms in total. The van der Waals surface area contributed by atoms with Crippen molar-refractivity contribution in [1.29, 1.82) is 0 Å². The second-order valence-electron chi connectivity index (χ2n) is 6.71. The third kappa shape index (κ3) is 4.17. The molecule has 0 aromatic heterocycles. The second kappa shape index (κ2) is 7.88. The predicted molar refractivity (Wildman–Crippen MR) is 83.6 cm³/mol. The van der Waals surface area contributed by atoms with Crippen LogP contribution in [0.4, 0.5) is 0 Å². The topological polar surface area (TPSA) is 37.0 Å². The molecule has 21 heavy (non-hydrogen) atoms. The average Bonchev–Trinajstić information content (AvgIpc) is 3.16. The summed E-state index contributed by atoms with van der Waals surface area (Å²) in [7, 11) is 0. The van der Waals surface area contributed by atoms with Gasteiger partial charge in [-0.05, 0) is 25.9 Å². The SMILES string of the molecule is CCCNC1COCC1CN1CCC(N2CCOCC2)C1. The highest BCUT2D eigenvalue weighted by molar-refractivity contribution is 4.89. The first-order valence-electron chi connectivity index (χ1n) is 8.72. The molecule has 3 heterocycles. The third-order valence-corrected chi connectivity index (χ3v) is 5.16. The van der Waals surface area contributed by atoms with Crippen molar-refractivity contribution in [2.75, 3.05) is 65.7 Å². The van der Waals surface area contributed by atoms with Crippen LogP contribution >= 0.6 is 0 Å². The molecule has 0 aliphatic carbocycles. The number of nitrogens with one attached hydrogen (secondary N) is 1. The molecule has 0 saturated carbocycles. The summed E-state index contributed by atoms with van der Waals surface area (Å²) in [6, 6.07) is 1.31. The van der Waals surface area contributed by atoms with Crippen molar-refractivity contribution in [2.24, 2.45) is 5.92 Å². The van der Waals surface area contributed by atoms with Gasteiger partial charge in [-0.2, -0.15) is 0 Å². The summed E-state index contributed by atoms with van der Waals surface area (Å²) in [5.41, 5.74) is 0. The lowest BCUT2D eigenvalue weighted by atomic mass is 10.0. The first-order valence-corrected chi connectivity index (χ1v) is 8.72. The Kier molecular flexibility index (Phi) is 5.89. The van der Waals surface area contributed by atoms with Gasteiger partial charge in [0.15, 0.2) is 0 Å². The predicted octanol–water partition coefficient (Wildman–Crippen LogP) is 0.408. The zero-order valence-corrected chi connectivity index (χ0v) is 13.4. The van der Waals surface area contributed by atoms with Gasteiger partial charge in [0.1, 0.15) is 0 Å². The van der Waals surface area contributed by atoms with Gasteiger partial charge in [0.05, 0.1) is 26.4 Å². The van der Waals surface area contributed by atoms with Crippen LogP contribution in [0.3, 0.4) is 0 Å². The highest BCUT2D eigenvalue weighted by atomic mass is 16.5. The van der Waals surface area contributed by atoms with Crippen LogP contribution in [0.1, 0.15) is 19.8 Å². The van der Waals surface area contributed by atoms with E-state index in [4.69, 9.17) is 9.47 Å². The molecule has 3 saturated heterocycles. The minimum atomic E-state index is 0.562. The van der Waals surface area contributed by atoms with Gasteiger partial charge in [-0.3, -0.25) is 4.90 Å². The van der Waals surface area contributed by atoms with E-state index in [0.717, 1.165) is 52.1 Å². The summed E-state index contributed by atoms with van der Waals surface area (Å²) >= 11 is 0. The van der Waals surface area contributed by atoms with E-state index in [2.05, 4.69) is 22.0 Å². The number of likely N-dealkylation sites (tertiary alicyclic amines) is 1. The van der Waals surface area contributed by atoms with Gasteiger partial charge in [0.25, 0.3) is 0 Å². The highest BCUT2D eigenvalue weighted by Gasteiger charge is 2.33. The first-order chi connectivity index (χ1) is 10.4. The maximum atomic E-state index is 5.70. The molecule has 1 N–H and O–H groups in total. The Hall–Kier alpha value is -0.200. The van der Waals surface area contributed by atoms with E-state index in [1.54, 1.807) is 0 Å². The van der Waals surface area contributed by atoms with Crippen LogP contribution in [0.5, 0.6) is 0 Å². The Morgan fingerprint density at radius 3 is 2.76 bits per heavy atom. The minimum Gasteiger partial charge on any atom is -0.379 e. The van der Waals surface area contributed by atoms with E-state index in [0.29, 0.717) is 12.0 Å². The Bertz CT molecular complexity index is 310. The van der Waals surface area contributed by atoms with Crippen LogP contribution < -0.4 is 5.32 Å². The molecule has 0 bridgehead atoms. The highest BCUT2D eigenvalue weighted by Crippen LogP contribution is 2.21. The third-order valence-electron chi connectivity index (χ3n) is 5.16. The van der Waals surface area contributed by atoms with E-state index in [1.165, 1.54) is 32.5 Å². The zero-order valence-electron chi connectivity index (χ0n) is 13.4. The number of hydrogen-bond donors (Lipinski definition) is 1. The number of hydrogen-bond acceptors (Lipinski definition) is 5. The summed E-state index contributed by atoms with van der Waals surface area (Å²) in [4.78, 5) is 5.28. The summed E-state index contributed by atoms with van der Waals surface area (Å²) in [6.45, 7) is 12.9. The molecule has 3 rings (SSSR count). The molecule has 0 radical (unpaired) electrons. The number of rotatable bonds is 6. The first kappa shape index (κ1) is 15.7. The summed E-state index contributed by atoms with van der Waals surface area (Å²) in [5, 5.41) is 3.65. The molecule has 3 unspecified atom stereocenters. The fourth-order valence-corrected chi connectivity index (χ4v) is 3.88. The zero-order chi connectivity index (χ0) is 14.5. The monoisotopic (exact) mass is 297 g/mol. The summed E-state index contributed by atoms with van der Waals surface area (Å²) in [5.74, 6) is 0.667. The fraction of sp³-hybridized carbons (Fsp3) is 1.00. The van der Waals surface area contributed by atoms with Crippen molar-refractivity contribution in [1.82, 2.24) is 15.1 Å². The lowest BCUT2D eigenvalue weighted by Gasteiger charge is -2.32. The van der Waals surface area contributed by atoms with Gasteiger partial charge in [0.2, 0.25) is 0 Å².